The normalized spacial score (nSPS) is 13.3. The van der Waals surface area contributed by atoms with Gasteiger partial charge in [0.25, 0.3) is 0 Å². The summed E-state index contributed by atoms with van der Waals surface area (Å²) in [6, 6.07) is -0.500. The van der Waals surface area contributed by atoms with Crippen LogP contribution in [0.15, 0.2) is 0 Å². The number of hydrogen-bond donors (Lipinski definition) is 4. The fourth-order valence-corrected chi connectivity index (χ4v) is 0.794. The van der Waals surface area contributed by atoms with E-state index in [0.29, 0.717) is 6.54 Å². The van der Waals surface area contributed by atoms with Crippen molar-refractivity contribution in [2.75, 3.05) is 27.2 Å². The van der Waals surface area contributed by atoms with E-state index in [-0.39, 0.29) is 12.1 Å². The van der Waals surface area contributed by atoms with Gasteiger partial charge < -0.3 is 25.7 Å². The van der Waals surface area contributed by atoms with Gasteiger partial charge in [-0.25, -0.2) is 9.59 Å². The predicted molar refractivity (Wildman–Crippen MR) is 62.8 cm³/mol. The quantitative estimate of drug-likeness (QED) is 0.486. The highest BCUT2D eigenvalue weighted by atomic mass is 16.4. The number of carbonyl (C=O) groups excluding carboxylic acids is 1. The number of likely N-dealkylation sites (N-methyl/N-ethyl adjacent to an activating group) is 1. The van der Waals surface area contributed by atoms with E-state index in [1.165, 1.54) is 0 Å². The molecule has 1 atom stereocenters. The number of aliphatic carboxylic acids is 1. The summed E-state index contributed by atoms with van der Waals surface area (Å²) in [5.41, 5.74) is -0.206. The Bertz CT molecular complexity index is 279. The molecule has 0 aliphatic rings. The highest BCUT2D eigenvalue weighted by molar-refractivity contribution is 5.76. The van der Waals surface area contributed by atoms with Gasteiger partial charge >= 0.3 is 12.0 Å². The molecule has 0 spiro atoms. The lowest BCUT2D eigenvalue weighted by Gasteiger charge is -2.32. The first-order chi connectivity index (χ1) is 7.66. The van der Waals surface area contributed by atoms with Gasteiger partial charge in [0.2, 0.25) is 0 Å². The van der Waals surface area contributed by atoms with Crippen LogP contribution < -0.4 is 10.6 Å². The monoisotopic (exact) mass is 247 g/mol. The lowest BCUT2D eigenvalue weighted by molar-refractivity contribution is -0.146. The molecule has 0 radical (unpaired) electrons. The average Bonchev–Trinajstić information content (AvgIpc) is 2.22. The van der Waals surface area contributed by atoms with Crippen molar-refractivity contribution in [3.8, 4) is 0 Å². The Hall–Kier alpha value is -1.34. The maximum absolute atomic E-state index is 11.3. The first kappa shape index (κ1) is 15.7. The minimum absolute atomic E-state index is 0.206. The lowest BCUT2D eigenvalue weighted by Crippen LogP contribution is -2.51. The summed E-state index contributed by atoms with van der Waals surface area (Å²) < 4.78 is 0. The van der Waals surface area contributed by atoms with Crippen molar-refractivity contribution in [3.05, 3.63) is 0 Å². The Morgan fingerprint density at radius 1 is 1.29 bits per heavy atom. The van der Waals surface area contributed by atoms with Crippen molar-refractivity contribution in [2.24, 2.45) is 0 Å². The van der Waals surface area contributed by atoms with Crippen LogP contribution in [0.25, 0.3) is 0 Å². The molecule has 17 heavy (non-hydrogen) atoms. The zero-order valence-electron chi connectivity index (χ0n) is 10.6. The molecule has 0 rings (SSSR count). The minimum atomic E-state index is -1.58. The SMILES string of the molecule is CN(C)C(C)(C)CNC(=O)NCC(O)C(=O)O. The van der Waals surface area contributed by atoms with Crippen molar-refractivity contribution in [1.29, 1.82) is 0 Å². The van der Waals surface area contributed by atoms with Crippen molar-refractivity contribution < 1.29 is 19.8 Å². The number of aliphatic hydroxyl groups excluding tert-OH is 1. The molecule has 0 aromatic heterocycles. The van der Waals surface area contributed by atoms with Crippen LogP contribution in [0.4, 0.5) is 4.79 Å². The van der Waals surface area contributed by atoms with Crippen LogP contribution in [0.5, 0.6) is 0 Å². The fourth-order valence-electron chi connectivity index (χ4n) is 0.794. The maximum Gasteiger partial charge on any atom is 0.334 e. The molecule has 0 bridgehead atoms. The number of carboxylic acids is 1. The number of nitrogens with one attached hydrogen (secondary N) is 2. The molecule has 2 amide bonds. The van der Waals surface area contributed by atoms with Crippen LogP contribution in [-0.4, -0.2) is 65.9 Å². The Balaban J connectivity index is 3.93. The van der Waals surface area contributed by atoms with Crippen LogP contribution >= 0.6 is 0 Å². The lowest BCUT2D eigenvalue weighted by atomic mass is 10.1. The van der Waals surface area contributed by atoms with Crippen LogP contribution in [0.1, 0.15) is 13.8 Å². The standard InChI is InChI=1S/C10H21N3O4/c1-10(2,13(3)4)6-12-9(17)11-5-7(14)8(15)16/h7,14H,5-6H2,1-4H3,(H,15,16)(H2,11,12,17). The first-order valence-corrected chi connectivity index (χ1v) is 5.27. The minimum Gasteiger partial charge on any atom is -0.479 e. The third-order valence-electron chi connectivity index (χ3n) is 2.63. The van der Waals surface area contributed by atoms with E-state index < -0.39 is 18.1 Å². The molecule has 0 aromatic rings. The second-order valence-corrected chi connectivity index (χ2v) is 4.62. The van der Waals surface area contributed by atoms with Crippen molar-refractivity contribution in [3.63, 3.8) is 0 Å². The molecule has 7 heteroatoms. The molecule has 0 aliphatic carbocycles. The van der Waals surface area contributed by atoms with Gasteiger partial charge in [-0.2, -0.15) is 0 Å². The van der Waals surface area contributed by atoms with Crippen molar-refractivity contribution in [1.82, 2.24) is 15.5 Å². The highest BCUT2D eigenvalue weighted by Gasteiger charge is 2.21. The summed E-state index contributed by atoms with van der Waals surface area (Å²) in [6.07, 6.45) is -1.58. The Labute approximate surface area is 101 Å². The summed E-state index contributed by atoms with van der Waals surface area (Å²) in [5, 5.41) is 22.2. The predicted octanol–water partition coefficient (Wildman–Crippen LogP) is -0.929. The topological polar surface area (TPSA) is 102 Å². The van der Waals surface area contributed by atoms with E-state index in [1.54, 1.807) is 0 Å². The number of aliphatic hydroxyl groups is 1. The van der Waals surface area contributed by atoms with E-state index in [1.807, 2.05) is 32.8 Å². The van der Waals surface area contributed by atoms with Gasteiger partial charge in [-0.1, -0.05) is 0 Å². The van der Waals surface area contributed by atoms with Gasteiger partial charge in [0, 0.05) is 12.1 Å². The summed E-state index contributed by atoms with van der Waals surface area (Å²) in [4.78, 5) is 23.5. The van der Waals surface area contributed by atoms with Gasteiger partial charge in [-0.05, 0) is 27.9 Å². The highest BCUT2D eigenvalue weighted by Crippen LogP contribution is 2.07. The molecule has 100 valence electrons. The van der Waals surface area contributed by atoms with Gasteiger partial charge in [-0.3, -0.25) is 0 Å². The number of carbonyl (C=O) groups is 2. The molecule has 0 saturated heterocycles. The summed E-state index contributed by atoms with van der Waals surface area (Å²) in [7, 11) is 3.79. The van der Waals surface area contributed by atoms with E-state index in [9.17, 15) is 9.59 Å². The van der Waals surface area contributed by atoms with E-state index in [4.69, 9.17) is 10.2 Å². The van der Waals surface area contributed by atoms with E-state index in [0.717, 1.165) is 0 Å². The Morgan fingerprint density at radius 2 is 1.82 bits per heavy atom. The molecule has 7 nitrogen and oxygen atoms in total. The zero-order chi connectivity index (χ0) is 13.6. The van der Waals surface area contributed by atoms with Crippen LogP contribution in [0.2, 0.25) is 0 Å². The molecule has 0 aliphatic heterocycles. The van der Waals surface area contributed by atoms with Crippen molar-refractivity contribution >= 4 is 12.0 Å². The molecular weight excluding hydrogens is 226 g/mol. The Morgan fingerprint density at radius 3 is 2.24 bits per heavy atom. The number of urea groups is 1. The number of rotatable bonds is 6. The third kappa shape index (κ3) is 6.08. The fraction of sp³-hybridized carbons (Fsp3) is 0.800. The maximum atomic E-state index is 11.3. The molecule has 1 unspecified atom stereocenters. The van der Waals surface area contributed by atoms with Crippen LogP contribution in [-0.2, 0) is 4.79 Å². The number of nitrogens with zero attached hydrogens (tertiary/aromatic N) is 1. The summed E-state index contributed by atoms with van der Waals surface area (Å²) in [5.74, 6) is -1.36. The molecule has 0 fully saturated rings. The number of carboxylic acid groups (broad SMARTS) is 1. The van der Waals surface area contributed by atoms with Gasteiger partial charge in [0.15, 0.2) is 6.10 Å². The van der Waals surface area contributed by atoms with Gasteiger partial charge in [0.05, 0.1) is 6.54 Å². The van der Waals surface area contributed by atoms with Gasteiger partial charge in [0.1, 0.15) is 0 Å². The Kier molecular flexibility index (Phi) is 5.90. The molecule has 0 saturated carbocycles. The van der Waals surface area contributed by atoms with E-state index in [2.05, 4.69) is 10.6 Å². The first-order valence-electron chi connectivity index (χ1n) is 5.27. The third-order valence-corrected chi connectivity index (χ3v) is 2.63. The second kappa shape index (κ2) is 6.41. The molecule has 0 aromatic carbocycles. The second-order valence-electron chi connectivity index (χ2n) is 4.62. The summed E-state index contributed by atoms with van der Waals surface area (Å²) >= 11 is 0. The smallest absolute Gasteiger partial charge is 0.334 e. The molecule has 4 N–H and O–H groups in total. The summed E-state index contributed by atoms with van der Waals surface area (Å²) in [6.45, 7) is 4.01. The largest absolute Gasteiger partial charge is 0.479 e. The molecule has 0 heterocycles. The van der Waals surface area contributed by atoms with Crippen LogP contribution in [0.3, 0.4) is 0 Å². The van der Waals surface area contributed by atoms with Crippen LogP contribution in [0, 0.1) is 0 Å². The number of hydrogen-bond acceptors (Lipinski definition) is 4. The average molecular weight is 247 g/mol. The van der Waals surface area contributed by atoms with E-state index >= 15 is 0 Å². The van der Waals surface area contributed by atoms with Crippen molar-refractivity contribution in [2.45, 2.75) is 25.5 Å². The van der Waals surface area contributed by atoms with Gasteiger partial charge in [-0.15, -0.1) is 0 Å². The number of amides is 2. The molecular formula is C10H21N3O4. The zero-order valence-corrected chi connectivity index (χ0v) is 10.6.